The molecule has 0 saturated carbocycles. The van der Waals surface area contributed by atoms with Gasteiger partial charge in [-0.2, -0.15) is 5.10 Å². The minimum Gasteiger partial charge on any atom is -0.464 e. The van der Waals surface area contributed by atoms with Crippen molar-refractivity contribution in [3.63, 3.8) is 0 Å². The number of hydrogen-bond acceptors (Lipinski definition) is 3. The van der Waals surface area contributed by atoms with Gasteiger partial charge >= 0.3 is 5.97 Å². The number of aromatic nitrogens is 2. The highest BCUT2D eigenvalue weighted by Crippen LogP contribution is 2.31. The van der Waals surface area contributed by atoms with Crippen LogP contribution < -0.4 is 0 Å². The Labute approximate surface area is 164 Å². The van der Waals surface area contributed by atoms with Crippen LogP contribution in [0.1, 0.15) is 46.6 Å². The first-order chi connectivity index (χ1) is 12.9. The largest absolute Gasteiger partial charge is 0.464 e. The summed E-state index contributed by atoms with van der Waals surface area (Å²) in [6.45, 7) is 6.14. The van der Waals surface area contributed by atoms with Crippen LogP contribution in [0.25, 0.3) is 11.3 Å². The van der Waals surface area contributed by atoms with Crippen LogP contribution in [0.4, 0.5) is 0 Å². The molecule has 3 aromatic rings. The molecule has 0 spiro atoms. The summed E-state index contributed by atoms with van der Waals surface area (Å²) >= 11 is 6.19. The lowest BCUT2D eigenvalue weighted by Gasteiger charge is -2.20. The standard InChI is InChI=1S/C22H23ClN2O2/c1-5-20(16-8-6-14(2)7-9-16)25-21(13-19(24-25)22(26)27-4)17-10-11-18(23)15(3)12-17/h6-13,20H,5H2,1-4H3. The highest BCUT2D eigenvalue weighted by molar-refractivity contribution is 6.31. The van der Waals surface area contributed by atoms with Gasteiger partial charge in [-0.1, -0.05) is 54.4 Å². The summed E-state index contributed by atoms with van der Waals surface area (Å²) in [4.78, 5) is 12.1. The van der Waals surface area contributed by atoms with Gasteiger partial charge in [-0.3, -0.25) is 4.68 Å². The molecule has 3 rings (SSSR count). The highest BCUT2D eigenvalue weighted by atomic mass is 35.5. The molecule has 4 nitrogen and oxygen atoms in total. The maximum absolute atomic E-state index is 12.1. The molecule has 0 fully saturated rings. The van der Waals surface area contributed by atoms with Crippen LogP contribution in [0.3, 0.4) is 0 Å². The number of esters is 1. The van der Waals surface area contributed by atoms with E-state index < -0.39 is 5.97 Å². The summed E-state index contributed by atoms with van der Waals surface area (Å²) in [6, 6.07) is 16.0. The van der Waals surface area contributed by atoms with E-state index in [1.54, 1.807) is 6.07 Å². The lowest BCUT2D eigenvalue weighted by Crippen LogP contribution is -2.14. The van der Waals surface area contributed by atoms with E-state index in [1.165, 1.54) is 12.7 Å². The Balaban J connectivity index is 2.16. The van der Waals surface area contributed by atoms with Crippen molar-refractivity contribution in [1.82, 2.24) is 9.78 Å². The van der Waals surface area contributed by atoms with Gasteiger partial charge in [0.05, 0.1) is 18.8 Å². The number of ether oxygens (including phenoxy) is 1. The van der Waals surface area contributed by atoms with Gasteiger partial charge in [0.1, 0.15) is 0 Å². The molecule has 0 N–H and O–H groups in total. The van der Waals surface area contributed by atoms with Gasteiger partial charge in [0, 0.05) is 10.6 Å². The second kappa shape index (κ2) is 7.97. The number of benzene rings is 2. The summed E-state index contributed by atoms with van der Waals surface area (Å²) in [5, 5.41) is 5.30. The van der Waals surface area contributed by atoms with E-state index in [9.17, 15) is 4.79 Å². The summed E-state index contributed by atoms with van der Waals surface area (Å²) in [5.41, 5.74) is 5.45. The molecule has 140 valence electrons. The minimum absolute atomic E-state index is 0.00925. The number of aryl methyl sites for hydroxylation is 2. The van der Waals surface area contributed by atoms with Crippen LogP contribution >= 0.6 is 11.6 Å². The molecule has 0 aliphatic carbocycles. The van der Waals surface area contributed by atoms with Crippen molar-refractivity contribution >= 4 is 17.6 Å². The topological polar surface area (TPSA) is 44.1 Å². The van der Waals surface area contributed by atoms with Crippen molar-refractivity contribution in [2.24, 2.45) is 0 Å². The Kier molecular flexibility index (Phi) is 5.66. The highest BCUT2D eigenvalue weighted by Gasteiger charge is 2.22. The number of hydrogen-bond donors (Lipinski definition) is 0. The summed E-state index contributed by atoms with van der Waals surface area (Å²) < 4.78 is 6.80. The summed E-state index contributed by atoms with van der Waals surface area (Å²) in [7, 11) is 1.37. The Morgan fingerprint density at radius 2 is 1.85 bits per heavy atom. The zero-order chi connectivity index (χ0) is 19.6. The van der Waals surface area contributed by atoms with E-state index in [0.717, 1.165) is 28.8 Å². The van der Waals surface area contributed by atoms with E-state index in [2.05, 4.69) is 43.2 Å². The first kappa shape index (κ1) is 19.2. The number of halogens is 1. The Morgan fingerprint density at radius 3 is 2.44 bits per heavy atom. The molecular weight excluding hydrogens is 360 g/mol. The number of nitrogens with zero attached hydrogens (tertiary/aromatic N) is 2. The predicted molar refractivity (Wildman–Crippen MR) is 108 cm³/mol. The number of carbonyl (C=O) groups is 1. The fourth-order valence-electron chi connectivity index (χ4n) is 3.19. The number of carbonyl (C=O) groups excluding carboxylic acids is 1. The van der Waals surface area contributed by atoms with Crippen molar-refractivity contribution < 1.29 is 9.53 Å². The first-order valence-electron chi connectivity index (χ1n) is 8.95. The molecule has 2 aromatic carbocycles. The number of methoxy groups -OCH3 is 1. The molecule has 1 unspecified atom stereocenters. The SMILES string of the molecule is CCC(c1ccc(C)cc1)n1nc(C(=O)OC)cc1-c1ccc(Cl)c(C)c1. The van der Waals surface area contributed by atoms with Gasteiger partial charge in [-0.05, 0) is 49.6 Å². The second-order valence-corrected chi connectivity index (χ2v) is 7.06. The third kappa shape index (κ3) is 3.91. The average Bonchev–Trinajstić information content (AvgIpc) is 3.10. The Bertz CT molecular complexity index is 961. The molecule has 0 aliphatic heterocycles. The molecule has 1 atom stereocenters. The zero-order valence-corrected chi connectivity index (χ0v) is 16.7. The maximum atomic E-state index is 12.1. The molecule has 1 aromatic heterocycles. The molecule has 5 heteroatoms. The fraction of sp³-hybridized carbons (Fsp3) is 0.273. The van der Waals surface area contributed by atoms with Crippen molar-refractivity contribution in [3.8, 4) is 11.3 Å². The molecule has 0 amide bonds. The van der Waals surface area contributed by atoms with Crippen molar-refractivity contribution in [2.45, 2.75) is 33.2 Å². The zero-order valence-electron chi connectivity index (χ0n) is 16.0. The third-order valence-corrected chi connectivity index (χ3v) is 5.15. The van der Waals surface area contributed by atoms with Crippen molar-refractivity contribution in [2.75, 3.05) is 7.11 Å². The molecule has 1 heterocycles. The smallest absolute Gasteiger partial charge is 0.358 e. The molecular formula is C22H23ClN2O2. The monoisotopic (exact) mass is 382 g/mol. The van der Waals surface area contributed by atoms with E-state index in [1.807, 2.05) is 29.8 Å². The normalized spacial score (nSPS) is 12.0. The molecule has 0 aliphatic rings. The quantitative estimate of drug-likeness (QED) is 0.539. The Hall–Kier alpha value is -2.59. The first-order valence-corrected chi connectivity index (χ1v) is 9.33. The third-order valence-electron chi connectivity index (χ3n) is 4.73. The van der Waals surface area contributed by atoms with E-state index >= 15 is 0 Å². The van der Waals surface area contributed by atoms with Crippen LogP contribution in [0.5, 0.6) is 0 Å². The average molecular weight is 383 g/mol. The number of rotatable bonds is 5. The molecule has 27 heavy (non-hydrogen) atoms. The second-order valence-electron chi connectivity index (χ2n) is 6.65. The van der Waals surface area contributed by atoms with Gasteiger partial charge < -0.3 is 4.74 Å². The fourth-order valence-corrected chi connectivity index (χ4v) is 3.31. The van der Waals surface area contributed by atoms with E-state index in [0.29, 0.717) is 10.7 Å². The maximum Gasteiger partial charge on any atom is 0.358 e. The summed E-state index contributed by atoms with van der Waals surface area (Å²) in [5.74, 6) is -0.445. The van der Waals surface area contributed by atoms with Crippen molar-refractivity contribution in [1.29, 1.82) is 0 Å². The van der Waals surface area contributed by atoms with Crippen LogP contribution in [-0.2, 0) is 4.74 Å². The van der Waals surface area contributed by atoms with Crippen molar-refractivity contribution in [3.05, 3.63) is 75.9 Å². The molecule has 0 radical (unpaired) electrons. The van der Waals surface area contributed by atoms with Crippen LogP contribution in [0.15, 0.2) is 48.5 Å². The predicted octanol–water partition coefficient (Wildman–Crippen LogP) is 5.61. The lowest BCUT2D eigenvalue weighted by molar-refractivity contribution is 0.0592. The van der Waals surface area contributed by atoms with E-state index in [-0.39, 0.29) is 6.04 Å². The van der Waals surface area contributed by atoms with Gasteiger partial charge in [-0.25, -0.2) is 4.79 Å². The minimum atomic E-state index is -0.445. The Morgan fingerprint density at radius 1 is 1.15 bits per heavy atom. The van der Waals surface area contributed by atoms with Gasteiger partial charge in [0.2, 0.25) is 0 Å². The lowest BCUT2D eigenvalue weighted by atomic mass is 10.0. The van der Waals surface area contributed by atoms with Gasteiger partial charge in [-0.15, -0.1) is 0 Å². The van der Waals surface area contributed by atoms with E-state index in [4.69, 9.17) is 16.3 Å². The summed E-state index contributed by atoms with van der Waals surface area (Å²) in [6.07, 6.45) is 0.838. The van der Waals surface area contributed by atoms with Gasteiger partial charge in [0.15, 0.2) is 5.69 Å². The molecule has 0 saturated heterocycles. The van der Waals surface area contributed by atoms with Crippen LogP contribution in [0, 0.1) is 13.8 Å². The van der Waals surface area contributed by atoms with Crippen LogP contribution in [-0.4, -0.2) is 22.9 Å². The van der Waals surface area contributed by atoms with Gasteiger partial charge in [0.25, 0.3) is 0 Å². The molecule has 0 bridgehead atoms. The van der Waals surface area contributed by atoms with Crippen LogP contribution in [0.2, 0.25) is 5.02 Å².